The Bertz CT molecular complexity index is 548. The van der Waals surface area contributed by atoms with Gasteiger partial charge < -0.3 is 9.52 Å². The number of carboxylic acid groups (broad SMARTS) is 1. The maximum Gasteiger partial charge on any atom is 0.316 e. The van der Waals surface area contributed by atoms with Crippen molar-refractivity contribution in [2.45, 2.75) is 31.3 Å². The highest BCUT2D eigenvalue weighted by molar-refractivity contribution is 7.99. The second kappa shape index (κ2) is 6.25. The second-order valence-electron chi connectivity index (χ2n) is 4.05. The van der Waals surface area contributed by atoms with Gasteiger partial charge in [-0.05, 0) is 24.8 Å². The fraction of sp³-hybridized carbons (Fsp3) is 0.385. The molecule has 2 rings (SSSR count). The van der Waals surface area contributed by atoms with E-state index in [0.717, 1.165) is 16.3 Å². The molecule has 0 amide bonds. The van der Waals surface area contributed by atoms with Gasteiger partial charge >= 0.3 is 5.97 Å². The van der Waals surface area contributed by atoms with E-state index in [0.29, 0.717) is 18.1 Å². The van der Waals surface area contributed by atoms with Crippen LogP contribution in [0.25, 0.3) is 10.8 Å². The van der Waals surface area contributed by atoms with E-state index in [9.17, 15) is 4.79 Å². The summed E-state index contributed by atoms with van der Waals surface area (Å²) in [6.45, 7) is 3.74. The first-order valence-electron chi connectivity index (χ1n) is 5.96. The molecule has 19 heavy (non-hydrogen) atoms. The summed E-state index contributed by atoms with van der Waals surface area (Å²) < 4.78 is 5.62. The standard InChI is InChI=1S/C13H15NO3S2/c1-3-10(13(15)16)19-7-9-8(2)17-12(14-9)11-5-4-6-18-11/h4-6,10H,3,7H2,1-2H3,(H,15,16). The fourth-order valence-corrected chi connectivity index (χ4v) is 3.27. The molecule has 1 unspecified atom stereocenters. The minimum Gasteiger partial charge on any atom is -0.480 e. The summed E-state index contributed by atoms with van der Waals surface area (Å²) in [4.78, 5) is 16.4. The third-order valence-corrected chi connectivity index (χ3v) is 4.93. The van der Waals surface area contributed by atoms with Crippen molar-refractivity contribution in [1.29, 1.82) is 0 Å². The Morgan fingerprint density at radius 2 is 2.42 bits per heavy atom. The third-order valence-electron chi connectivity index (χ3n) is 2.69. The topological polar surface area (TPSA) is 63.3 Å². The highest BCUT2D eigenvalue weighted by Crippen LogP contribution is 2.28. The number of hydrogen-bond acceptors (Lipinski definition) is 5. The van der Waals surface area contributed by atoms with Crippen LogP contribution in [0.5, 0.6) is 0 Å². The first-order chi connectivity index (χ1) is 9.11. The van der Waals surface area contributed by atoms with Crippen LogP contribution in [0.15, 0.2) is 21.9 Å². The smallest absolute Gasteiger partial charge is 0.316 e. The number of thiophene rings is 1. The lowest BCUT2D eigenvalue weighted by atomic mass is 10.3. The second-order valence-corrected chi connectivity index (χ2v) is 6.18. The van der Waals surface area contributed by atoms with Gasteiger partial charge in [0.05, 0.1) is 10.6 Å². The van der Waals surface area contributed by atoms with E-state index in [4.69, 9.17) is 9.52 Å². The van der Waals surface area contributed by atoms with Gasteiger partial charge in [0.25, 0.3) is 0 Å². The molecule has 0 aromatic carbocycles. The molecule has 0 bridgehead atoms. The molecule has 6 heteroatoms. The predicted octanol–water partition coefficient (Wildman–Crippen LogP) is 3.81. The molecule has 2 heterocycles. The maximum absolute atomic E-state index is 11.0. The van der Waals surface area contributed by atoms with Crippen molar-refractivity contribution in [2.24, 2.45) is 0 Å². The van der Waals surface area contributed by atoms with Gasteiger partial charge in [-0.1, -0.05) is 13.0 Å². The zero-order valence-electron chi connectivity index (χ0n) is 10.8. The van der Waals surface area contributed by atoms with E-state index in [-0.39, 0.29) is 5.25 Å². The number of aromatic nitrogens is 1. The molecule has 4 nitrogen and oxygen atoms in total. The lowest BCUT2D eigenvalue weighted by Gasteiger charge is -2.07. The number of rotatable bonds is 6. The van der Waals surface area contributed by atoms with E-state index < -0.39 is 5.97 Å². The first-order valence-corrected chi connectivity index (χ1v) is 7.89. The van der Waals surface area contributed by atoms with Gasteiger partial charge in [-0.2, -0.15) is 0 Å². The molecule has 0 aliphatic carbocycles. The Labute approximate surface area is 119 Å². The number of thioether (sulfide) groups is 1. The molecule has 0 saturated carbocycles. The Hall–Kier alpha value is -1.27. The van der Waals surface area contributed by atoms with E-state index in [1.54, 1.807) is 11.3 Å². The number of carboxylic acids is 1. The van der Waals surface area contributed by atoms with Crippen molar-refractivity contribution in [2.75, 3.05) is 0 Å². The normalized spacial score (nSPS) is 12.5. The molecule has 0 fully saturated rings. The maximum atomic E-state index is 11.0. The SMILES string of the molecule is CCC(SCc1nc(-c2cccs2)oc1C)C(=O)O. The Morgan fingerprint density at radius 3 is 3.00 bits per heavy atom. The monoisotopic (exact) mass is 297 g/mol. The predicted molar refractivity (Wildman–Crippen MR) is 77.6 cm³/mol. The average Bonchev–Trinajstić information content (AvgIpc) is 2.99. The molecular weight excluding hydrogens is 282 g/mol. The lowest BCUT2D eigenvalue weighted by Crippen LogP contribution is -2.15. The number of aliphatic carboxylic acids is 1. The van der Waals surface area contributed by atoms with E-state index in [1.165, 1.54) is 11.8 Å². The van der Waals surface area contributed by atoms with Crippen LogP contribution >= 0.6 is 23.1 Å². The summed E-state index contributed by atoms with van der Waals surface area (Å²) in [6.07, 6.45) is 0.606. The Balaban J connectivity index is 2.07. The van der Waals surface area contributed by atoms with Crippen molar-refractivity contribution < 1.29 is 14.3 Å². The number of oxazole rings is 1. The van der Waals surface area contributed by atoms with Crippen LogP contribution in [0, 0.1) is 6.92 Å². The highest BCUT2D eigenvalue weighted by atomic mass is 32.2. The third kappa shape index (κ3) is 3.39. The van der Waals surface area contributed by atoms with Crippen molar-refractivity contribution in [1.82, 2.24) is 4.98 Å². The minimum atomic E-state index is -0.771. The first kappa shape index (κ1) is 14.1. The molecule has 102 valence electrons. The zero-order chi connectivity index (χ0) is 13.8. The van der Waals surface area contributed by atoms with Gasteiger partial charge in [0.15, 0.2) is 0 Å². The minimum absolute atomic E-state index is 0.388. The summed E-state index contributed by atoms with van der Waals surface area (Å²) in [5, 5.41) is 10.6. The number of carbonyl (C=O) groups is 1. The molecule has 0 aliphatic heterocycles. The van der Waals surface area contributed by atoms with Gasteiger partial charge in [-0.15, -0.1) is 23.1 Å². The van der Waals surface area contributed by atoms with Crippen LogP contribution in [0.4, 0.5) is 0 Å². The van der Waals surface area contributed by atoms with Crippen molar-refractivity contribution in [3.8, 4) is 10.8 Å². The molecule has 0 spiro atoms. The van der Waals surface area contributed by atoms with Crippen molar-refractivity contribution in [3.05, 3.63) is 29.0 Å². The largest absolute Gasteiger partial charge is 0.480 e. The van der Waals surface area contributed by atoms with Gasteiger partial charge in [0, 0.05) is 5.75 Å². The van der Waals surface area contributed by atoms with E-state index in [2.05, 4.69) is 4.98 Å². The van der Waals surface area contributed by atoms with E-state index in [1.807, 2.05) is 31.4 Å². The summed E-state index contributed by atoms with van der Waals surface area (Å²) in [6, 6.07) is 3.91. The highest BCUT2D eigenvalue weighted by Gasteiger charge is 2.18. The Morgan fingerprint density at radius 1 is 1.63 bits per heavy atom. The van der Waals surface area contributed by atoms with Crippen molar-refractivity contribution in [3.63, 3.8) is 0 Å². The molecule has 2 aromatic heterocycles. The van der Waals surface area contributed by atoms with Crippen LogP contribution in [0.2, 0.25) is 0 Å². The fourth-order valence-electron chi connectivity index (χ4n) is 1.61. The molecule has 0 radical (unpaired) electrons. The molecule has 0 aliphatic rings. The number of aryl methyl sites for hydroxylation is 1. The van der Waals surface area contributed by atoms with Crippen LogP contribution in [0.1, 0.15) is 24.8 Å². The van der Waals surface area contributed by atoms with Gasteiger partial charge in [-0.25, -0.2) is 4.98 Å². The van der Waals surface area contributed by atoms with Gasteiger partial charge in [0.2, 0.25) is 5.89 Å². The van der Waals surface area contributed by atoms with Gasteiger partial charge in [-0.3, -0.25) is 4.79 Å². The van der Waals surface area contributed by atoms with Crippen LogP contribution in [-0.4, -0.2) is 21.3 Å². The van der Waals surface area contributed by atoms with E-state index >= 15 is 0 Å². The molecule has 2 aromatic rings. The number of hydrogen-bond donors (Lipinski definition) is 1. The lowest BCUT2D eigenvalue weighted by molar-refractivity contribution is -0.136. The molecule has 1 atom stereocenters. The molecule has 1 N–H and O–H groups in total. The molecular formula is C13H15NO3S2. The van der Waals surface area contributed by atoms with Crippen molar-refractivity contribution >= 4 is 29.1 Å². The van der Waals surface area contributed by atoms with Crippen LogP contribution < -0.4 is 0 Å². The van der Waals surface area contributed by atoms with Crippen LogP contribution in [-0.2, 0) is 10.5 Å². The quantitative estimate of drug-likeness (QED) is 0.878. The van der Waals surface area contributed by atoms with Crippen LogP contribution in [0.3, 0.4) is 0 Å². The summed E-state index contributed by atoms with van der Waals surface area (Å²) in [7, 11) is 0. The number of nitrogens with zero attached hydrogens (tertiary/aromatic N) is 1. The summed E-state index contributed by atoms with van der Waals surface area (Å²) in [5.41, 5.74) is 0.827. The molecule has 0 saturated heterocycles. The Kier molecular flexibility index (Phi) is 4.66. The summed E-state index contributed by atoms with van der Waals surface area (Å²) >= 11 is 2.96. The van der Waals surface area contributed by atoms with Gasteiger partial charge in [0.1, 0.15) is 11.0 Å². The summed E-state index contributed by atoms with van der Waals surface area (Å²) in [5.74, 6) is 1.17. The zero-order valence-corrected chi connectivity index (χ0v) is 12.4. The average molecular weight is 297 g/mol.